The number of fused-ring (bicyclic) bond motifs is 1. The Bertz CT molecular complexity index is 828. The maximum atomic E-state index is 13.0. The highest BCUT2D eigenvalue weighted by Gasteiger charge is 2.26. The van der Waals surface area contributed by atoms with Crippen molar-refractivity contribution in [1.29, 1.82) is 0 Å². The monoisotopic (exact) mass is 291 g/mol. The van der Waals surface area contributed by atoms with Crippen LogP contribution in [0.3, 0.4) is 0 Å². The third-order valence-corrected chi connectivity index (χ3v) is 3.86. The fraction of sp³-hybridized carbons (Fsp3) is 0.125. The van der Waals surface area contributed by atoms with Crippen LogP contribution in [0.2, 0.25) is 0 Å². The Hall–Kier alpha value is -3.02. The number of hydrogen-bond donors (Lipinski definition) is 0. The molecule has 0 N–H and O–H groups in total. The zero-order valence-corrected chi connectivity index (χ0v) is 11.8. The molecule has 0 unspecified atom stereocenters. The third-order valence-electron chi connectivity index (χ3n) is 3.86. The van der Waals surface area contributed by atoms with Gasteiger partial charge in [-0.1, -0.05) is 30.3 Å². The summed E-state index contributed by atoms with van der Waals surface area (Å²) in [6, 6.07) is 15.4. The summed E-state index contributed by atoms with van der Waals surface area (Å²) in [6.45, 7) is 0.697. The zero-order valence-electron chi connectivity index (χ0n) is 11.8. The second kappa shape index (κ2) is 5.07. The van der Waals surface area contributed by atoms with Crippen LogP contribution in [0.1, 0.15) is 15.9 Å². The molecule has 0 radical (unpaired) electrons. The number of rotatable bonds is 2. The number of carbonyl (C=O) groups is 1. The standard InChI is InChI=1S/C16H13N5O/c22-16(20-10-9-12-5-1-3-7-14(12)20)13-6-2-4-8-15(13)21-11-17-18-19-21/h1-8,11H,9-10H2. The van der Waals surface area contributed by atoms with Gasteiger partial charge in [0.15, 0.2) is 0 Å². The molecule has 2 heterocycles. The van der Waals surface area contributed by atoms with E-state index < -0.39 is 0 Å². The molecule has 6 heteroatoms. The number of hydrogen-bond acceptors (Lipinski definition) is 4. The molecule has 0 saturated heterocycles. The van der Waals surface area contributed by atoms with Gasteiger partial charge in [0.2, 0.25) is 0 Å². The van der Waals surface area contributed by atoms with Gasteiger partial charge in [-0.15, -0.1) is 5.10 Å². The van der Waals surface area contributed by atoms with Crippen LogP contribution in [-0.2, 0) is 6.42 Å². The van der Waals surface area contributed by atoms with Gasteiger partial charge in [0.1, 0.15) is 6.33 Å². The quantitative estimate of drug-likeness (QED) is 0.723. The third kappa shape index (κ3) is 1.96. The molecule has 1 aliphatic rings. The molecule has 1 amide bonds. The lowest BCUT2D eigenvalue weighted by molar-refractivity contribution is 0.0989. The molecule has 108 valence electrons. The van der Waals surface area contributed by atoms with E-state index in [1.165, 1.54) is 16.6 Å². The maximum absolute atomic E-state index is 13.0. The molecule has 22 heavy (non-hydrogen) atoms. The maximum Gasteiger partial charge on any atom is 0.260 e. The predicted molar refractivity (Wildman–Crippen MR) is 81.0 cm³/mol. The van der Waals surface area contributed by atoms with Gasteiger partial charge < -0.3 is 4.90 Å². The van der Waals surface area contributed by atoms with Crippen LogP contribution in [0.4, 0.5) is 5.69 Å². The van der Waals surface area contributed by atoms with Crippen molar-refractivity contribution in [2.75, 3.05) is 11.4 Å². The summed E-state index contributed by atoms with van der Waals surface area (Å²) >= 11 is 0. The van der Waals surface area contributed by atoms with Crippen molar-refractivity contribution in [3.8, 4) is 5.69 Å². The van der Waals surface area contributed by atoms with E-state index in [0.717, 1.165) is 12.1 Å². The van der Waals surface area contributed by atoms with Gasteiger partial charge in [0.05, 0.1) is 11.3 Å². The second-order valence-corrected chi connectivity index (χ2v) is 5.11. The van der Waals surface area contributed by atoms with Gasteiger partial charge in [-0.2, -0.15) is 4.68 Å². The van der Waals surface area contributed by atoms with Crippen molar-refractivity contribution in [2.45, 2.75) is 6.42 Å². The summed E-state index contributed by atoms with van der Waals surface area (Å²) in [5.41, 5.74) is 3.46. The van der Waals surface area contributed by atoms with Crippen molar-refractivity contribution in [3.63, 3.8) is 0 Å². The zero-order chi connectivity index (χ0) is 14.9. The lowest BCUT2D eigenvalue weighted by Crippen LogP contribution is -2.29. The molecule has 1 aliphatic heterocycles. The van der Waals surface area contributed by atoms with Crippen molar-refractivity contribution >= 4 is 11.6 Å². The molecule has 0 bridgehead atoms. The highest BCUT2D eigenvalue weighted by molar-refractivity contribution is 6.09. The molecule has 1 aromatic heterocycles. The number of benzene rings is 2. The Morgan fingerprint density at radius 3 is 2.59 bits per heavy atom. The molecule has 0 saturated carbocycles. The van der Waals surface area contributed by atoms with Crippen molar-refractivity contribution < 1.29 is 4.79 Å². The first-order valence-electron chi connectivity index (χ1n) is 7.07. The normalized spacial score (nSPS) is 13.2. The van der Waals surface area contributed by atoms with Gasteiger partial charge in [0.25, 0.3) is 5.91 Å². The molecule has 6 nitrogen and oxygen atoms in total. The van der Waals surface area contributed by atoms with Gasteiger partial charge in [0, 0.05) is 12.2 Å². The Morgan fingerprint density at radius 1 is 1.00 bits per heavy atom. The first-order chi connectivity index (χ1) is 10.8. The largest absolute Gasteiger partial charge is 0.308 e. The van der Waals surface area contributed by atoms with Crippen molar-refractivity contribution in [1.82, 2.24) is 20.2 Å². The van der Waals surface area contributed by atoms with Gasteiger partial charge >= 0.3 is 0 Å². The smallest absolute Gasteiger partial charge is 0.260 e. The minimum atomic E-state index is -0.0314. The predicted octanol–water partition coefficient (Wildman–Crippen LogP) is 1.87. The van der Waals surface area contributed by atoms with Crippen LogP contribution in [0.15, 0.2) is 54.9 Å². The Morgan fingerprint density at radius 2 is 1.77 bits per heavy atom. The molecule has 0 fully saturated rings. The van der Waals surface area contributed by atoms with E-state index in [9.17, 15) is 4.79 Å². The average Bonchev–Trinajstić information content (AvgIpc) is 3.24. The van der Waals surface area contributed by atoms with E-state index >= 15 is 0 Å². The number of carbonyl (C=O) groups excluding carboxylic acids is 1. The van der Waals surface area contributed by atoms with E-state index in [0.29, 0.717) is 17.8 Å². The van der Waals surface area contributed by atoms with Crippen LogP contribution in [0.25, 0.3) is 5.69 Å². The van der Waals surface area contributed by atoms with Gasteiger partial charge in [-0.3, -0.25) is 4.79 Å². The van der Waals surface area contributed by atoms with E-state index in [1.807, 2.05) is 41.3 Å². The number of para-hydroxylation sites is 2. The summed E-state index contributed by atoms with van der Waals surface area (Å²) in [5, 5.41) is 11.2. The highest BCUT2D eigenvalue weighted by Crippen LogP contribution is 2.29. The highest BCUT2D eigenvalue weighted by atomic mass is 16.2. The minimum absolute atomic E-state index is 0.0314. The van der Waals surface area contributed by atoms with Crippen LogP contribution in [-0.4, -0.2) is 32.7 Å². The molecule has 4 rings (SSSR count). The van der Waals surface area contributed by atoms with Crippen molar-refractivity contribution in [2.24, 2.45) is 0 Å². The SMILES string of the molecule is O=C(c1ccccc1-n1cnnn1)N1CCc2ccccc21. The summed E-state index contributed by atoms with van der Waals surface area (Å²) in [4.78, 5) is 14.8. The summed E-state index contributed by atoms with van der Waals surface area (Å²) in [7, 11) is 0. The number of nitrogens with zero attached hydrogens (tertiary/aromatic N) is 5. The Kier molecular flexibility index (Phi) is 2.93. The molecular weight excluding hydrogens is 278 g/mol. The fourth-order valence-corrected chi connectivity index (χ4v) is 2.82. The summed E-state index contributed by atoms with van der Waals surface area (Å²) in [6.07, 6.45) is 2.37. The average molecular weight is 291 g/mol. The van der Waals surface area contributed by atoms with Crippen LogP contribution in [0, 0.1) is 0 Å². The summed E-state index contributed by atoms with van der Waals surface area (Å²) < 4.78 is 1.51. The number of aromatic nitrogens is 4. The molecular formula is C16H13N5O. The van der Waals surface area contributed by atoms with Crippen LogP contribution >= 0.6 is 0 Å². The fourth-order valence-electron chi connectivity index (χ4n) is 2.82. The first-order valence-corrected chi connectivity index (χ1v) is 7.07. The van der Waals surface area contributed by atoms with Gasteiger partial charge in [-0.25, -0.2) is 0 Å². The number of tetrazole rings is 1. The van der Waals surface area contributed by atoms with Gasteiger partial charge in [-0.05, 0) is 40.6 Å². The van der Waals surface area contributed by atoms with E-state index in [2.05, 4.69) is 21.6 Å². The molecule has 3 aromatic rings. The second-order valence-electron chi connectivity index (χ2n) is 5.11. The summed E-state index contributed by atoms with van der Waals surface area (Å²) in [5.74, 6) is -0.0314. The Balaban J connectivity index is 1.76. The number of amides is 1. The Labute approximate surface area is 127 Å². The lowest BCUT2D eigenvalue weighted by Gasteiger charge is -2.18. The minimum Gasteiger partial charge on any atom is -0.308 e. The molecule has 2 aromatic carbocycles. The lowest BCUT2D eigenvalue weighted by atomic mass is 10.1. The van der Waals surface area contributed by atoms with E-state index in [4.69, 9.17) is 0 Å². The van der Waals surface area contributed by atoms with Crippen LogP contribution < -0.4 is 4.90 Å². The van der Waals surface area contributed by atoms with E-state index in [-0.39, 0.29) is 5.91 Å². The van der Waals surface area contributed by atoms with Crippen LogP contribution in [0.5, 0.6) is 0 Å². The van der Waals surface area contributed by atoms with Crippen molar-refractivity contribution in [3.05, 3.63) is 66.0 Å². The number of anilines is 1. The first kappa shape index (κ1) is 12.7. The van der Waals surface area contributed by atoms with E-state index in [1.54, 1.807) is 6.07 Å². The molecule has 0 aliphatic carbocycles. The molecule has 0 atom stereocenters. The topological polar surface area (TPSA) is 63.9 Å². The molecule has 0 spiro atoms.